The van der Waals surface area contributed by atoms with Crippen LogP contribution in [0.15, 0.2) is 30.3 Å². The van der Waals surface area contributed by atoms with Crippen LogP contribution in [0.5, 0.6) is 0 Å². The average Bonchev–Trinajstić information content (AvgIpc) is 2.40. The first kappa shape index (κ1) is 15.5. The third-order valence-electron chi connectivity index (χ3n) is 4.64. The highest BCUT2D eigenvalue weighted by atomic mass is 16.5. The van der Waals surface area contributed by atoms with Crippen molar-refractivity contribution in [2.75, 3.05) is 19.8 Å². The molecule has 3 nitrogen and oxygen atoms in total. The lowest BCUT2D eigenvalue weighted by atomic mass is 9.63. The Morgan fingerprint density at radius 2 is 2.00 bits per heavy atom. The molecule has 1 heterocycles. The van der Waals surface area contributed by atoms with Crippen molar-refractivity contribution < 1.29 is 9.84 Å². The van der Waals surface area contributed by atoms with Crippen LogP contribution in [0.3, 0.4) is 0 Å². The van der Waals surface area contributed by atoms with Crippen molar-refractivity contribution in [3.8, 4) is 0 Å². The molecule has 0 unspecified atom stereocenters. The van der Waals surface area contributed by atoms with E-state index in [2.05, 4.69) is 38.1 Å². The summed E-state index contributed by atoms with van der Waals surface area (Å²) < 4.78 is 5.88. The molecule has 0 saturated carbocycles. The van der Waals surface area contributed by atoms with Gasteiger partial charge in [-0.2, -0.15) is 0 Å². The Kier molecular flexibility index (Phi) is 4.84. The van der Waals surface area contributed by atoms with E-state index in [1.165, 1.54) is 5.56 Å². The van der Waals surface area contributed by atoms with Gasteiger partial charge in [0.15, 0.2) is 0 Å². The molecule has 0 aliphatic carbocycles. The third kappa shape index (κ3) is 3.40. The van der Waals surface area contributed by atoms with Crippen LogP contribution in [0.2, 0.25) is 0 Å². The van der Waals surface area contributed by atoms with Gasteiger partial charge in [0.25, 0.3) is 0 Å². The third-order valence-corrected chi connectivity index (χ3v) is 4.64. The molecule has 1 aromatic rings. The van der Waals surface area contributed by atoms with E-state index in [-0.39, 0.29) is 23.5 Å². The molecule has 2 rings (SSSR count). The van der Waals surface area contributed by atoms with Gasteiger partial charge in [-0.05, 0) is 50.6 Å². The summed E-state index contributed by atoms with van der Waals surface area (Å²) in [5, 5.41) is 9.77. The van der Waals surface area contributed by atoms with E-state index in [0.717, 1.165) is 25.9 Å². The number of hydrogen-bond acceptors (Lipinski definition) is 3. The molecule has 2 atom stereocenters. The van der Waals surface area contributed by atoms with E-state index in [9.17, 15) is 5.11 Å². The second kappa shape index (κ2) is 6.25. The van der Waals surface area contributed by atoms with Gasteiger partial charge >= 0.3 is 0 Å². The van der Waals surface area contributed by atoms with Gasteiger partial charge < -0.3 is 15.6 Å². The van der Waals surface area contributed by atoms with E-state index in [1.54, 1.807) is 0 Å². The predicted octanol–water partition coefficient (Wildman–Crippen LogP) is 2.37. The van der Waals surface area contributed by atoms with Crippen LogP contribution in [0, 0.1) is 11.3 Å². The summed E-state index contributed by atoms with van der Waals surface area (Å²) in [6, 6.07) is 10.5. The zero-order valence-electron chi connectivity index (χ0n) is 12.6. The maximum Gasteiger partial charge on any atom is 0.0632 e. The Labute approximate surface area is 122 Å². The maximum atomic E-state index is 9.77. The number of nitrogens with two attached hydrogens (primary N) is 1. The molecule has 0 bridgehead atoms. The average molecular weight is 277 g/mol. The summed E-state index contributed by atoms with van der Waals surface area (Å²) in [7, 11) is 0. The highest BCUT2D eigenvalue weighted by Crippen LogP contribution is 2.46. The Bertz CT molecular complexity index is 414. The summed E-state index contributed by atoms with van der Waals surface area (Å²) in [6.45, 7) is 5.70. The molecular weight excluding hydrogens is 250 g/mol. The smallest absolute Gasteiger partial charge is 0.0632 e. The molecule has 112 valence electrons. The fourth-order valence-corrected chi connectivity index (χ4v) is 3.68. The number of ether oxygens (including phenoxy) is 1. The van der Waals surface area contributed by atoms with Gasteiger partial charge in [0.2, 0.25) is 0 Å². The normalized spacial score (nSPS) is 27.2. The minimum absolute atomic E-state index is 0.0343. The SMILES string of the molecule is CC1(C)C[C@](Cc2ccccc2)([C@H](CN)CO)CCO1. The topological polar surface area (TPSA) is 55.5 Å². The van der Waals surface area contributed by atoms with Crippen molar-refractivity contribution in [2.45, 2.75) is 38.7 Å². The molecule has 1 aliphatic heterocycles. The zero-order valence-corrected chi connectivity index (χ0v) is 12.6. The highest BCUT2D eigenvalue weighted by Gasteiger charge is 2.45. The summed E-state index contributed by atoms with van der Waals surface area (Å²) in [4.78, 5) is 0. The number of benzene rings is 1. The Hall–Kier alpha value is -0.900. The van der Waals surface area contributed by atoms with Crippen molar-refractivity contribution in [1.82, 2.24) is 0 Å². The van der Waals surface area contributed by atoms with Gasteiger partial charge in [-0.3, -0.25) is 0 Å². The van der Waals surface area contributed by atoms with Gasteiger partial charge in [-0.25, -0.2) is 0 Å². The Morgan fingerprint density at radius 3 is 2.55 bits per heavy atom. The monoisotopic (exact) mass is 277 g/mol. The molecular formula is C17H27NO2. The second-order valence-corrected chi connectivity index (χ2v) is 6.67. The molecule has 0 aromatic heterocycles. The van der Waals surface area contributed by atoms with Crippen LogP contribution in [-0.4, -0.2) is 30.5 Å². The van der Waals surface area contributed by atoms with E-state index >= 15 is 0 Å². The number of hydrogen-bond donors (Lipinski definition) is 2. The number of aliphatic hydroxyl groups excluding tert-OH is 1. The lowest BCUT2D eigenvalue weighted by molar-refractivity contribution is -0.126. The van der Waals surface area contributed by atoms with Crippen molar-refractivity contribution in [2.24, 2.45) is 17.1 Å². The summed E-state index contributed by atoms with van der Waals surface area (Å²) in [5.41, 5.74) is 7.15. The summed E-state index contributed by atoms with van der Waals surface area (Å²) >= 11 is 0. The lowest BCUT2D eigenvalue weighted by Crippen LogP contribution is -2.49. The van der Waals surface area contributed by atoms with Gasteiger partial charge in [0.05, 0.1) is 5.60 Å². The molecule has 1 saturated heterocycles. The summed E-state index contributed by atoms with van der Waals surface area (Å²) in [5.74, 6) is 0.130. The van der Waals surface area contributed by atoms with Crippen LogP contribution in [0.25, 0.3) is 0 Å². The minimum atomic E-state index is -0.143. The van der Waals surface area contributed by atoms with E-state index in [1.807, 2.05) is 6.07 Å². The molecule has 0 radical (unpaired) electrons. The predicted molar refractivity (Wildman–Crippen MR) is 81.5 cm³/mol. The maximum absolute atomic E-state index is 9.77. The van der Waals surface area contributed by atoms with Gasteiger partial charge in [-0.15, -0.1) is 0 Å². The fourth-order valence-electron chi connectivity index (χ4n) is 3.68. The van der Waals surface area contributed by atoms with Crippen LogP contribution < -0.4 is 5.73 Å². The molecule has 3 N–H and O–H groups in total. The van der Waals surface area contributed by atoms with Crippen LogP contribution >= 0.6 is 0 Å². The molecule has 1 fully saturated rings. The first-order valence-electron chi connectivity index (χ1n) is 7.50. The minimum Gasteiger partial charge on any atom is -0.396 e. The van der Waals surface area contributed by atoms with Gasteiger partial charge in [0.1, 0.15) is 0 Å². The molecule has 0 amide bonds. The molecule has 1 aromatic carbocycles. The van der Waals surface area contributed by atoms with E-state index in [0.29, 0.717) is 6.54 Å². The molecule has 0 spiro atoms. The molecule has 1 aliphatic rings. The van der Waals surface area contributed by atoms with Crippen molar-refractivity contribution in [3.63, 3.8) is 0 Å². The second-order valence-electron chi connectivity index (χ2n) is 6.67. The van der Waals surface area contributed by atoms with Crippen molar-refractivity contribution in [3.05, 3.63) is 35.9 Å². The number of aliphatic hydroxyl groups is 1. The van der Waals surface area contributed by atoms with Crippen molar-refractivity contribution >= 4 is 0 Å². The summed E-state index contributed by atoms with van der Waals surface area (Å²) in [6.07, 6.45) is 2.87. The van der Waals surface area contributed by atoms with Crippen LogP contribution in [-0.2, 0) is 11.2 Å². The van der Waals surface area contributed by atoms with Crippen LogP contribution in [0.1, 0.15) is 32.3 Å². The first-order valence-corrected chi connectivity index (χ1v) is 7.50. The largest absolute Gasteiger partial charge is 0.396 e. The van der Waals surface area contributed by atoms with E-state index < -0.39 is 0 Å². The molecule has 3 heteroatoms. The molecule has 20 heavy (non-hydrogen) atoms. The van der Waals surface area contributed by atoms with Gasteiger partial charge in [0, 0.05) is 19.1 Å². The highest BCUT2D eigenvalue weighted by molar-refractivity contribution is 5.18. The zero-order chi connectivity index (χ0) is 14.6. The Balaban J connectivity index is 2.28. The van der Waals surface area contributed by atoms with Crippen LogP contribution in [0.4, 0.5) is 0 Å². The number of rotatable bonds is 5. The van der Waals surface area contributed by atoms with Gasteiger partial charge in [-0.1, -0.05) is 30.3 Å². The fraction of sp³-hybridized carbons (Fsp3) is 0.647. The standard InChI is InChI=1S/C17H27NO2/c1-16(2)13-17(8-9-20-16,15(11-18)12-19)10-14-6-4-3-5-7-14/h3-7,15,19H,8-13,18H2,1-2H3/t15-,17+/m1/s1. The first-order chi connectivity index (χ1) is 9.51. The van der Waals surface area contributed by atoms with Crippen molar-refractivity contribution in [1.29, 1.82) is 0 Å². The quantitative estimate of drug-likeness (QED) is 0.869. The lowest BCUT2D eigenvalue weighted by Gasteiger charge is -2.49. The van der Waals surface area contributed by atoms with E-state index in [4.69, 9.17) is 10.5 Å². The Morgan fingerprint density at radius 1 is 1.30 bits per heavy atom.